The number of carbonyl (C=O) groups is 1. The van der Waals surface area contributed by atoms with E-state index in [9.17, 15) is 4.79 Å². The number of fused-ring (bicyclic) bond motifs is 1. The molecule has 1 amide bonds. The maximum absolute atomic E-state index is 12.4. The van der Waals surface area contributed by atoms with Crippen LogP contribution in [-0.4, -0.2) is 18.7 Å². The van der Waals surface area contributed by atoms with Gasteiger partial charge in [-0.25, -0.2) is 4.79 Å². The van der Waals surface area contributed by atoms with E-state index in [0.717, 1.165) is 17.7 Å². The van der Waals surface area contributed by atoms with Crippen LogP contribution in [0.3, 0.4) is 0 Å². The Balaban J connectivity index is 1.73. The van der Waals surface area contributed by atoms with Crippen molar-refractivity contribution in [1.82, 2.24) is 5.32 Å². The summed E-state index contributed by atoms with van der Waals surface area (Å²) in [5.74, 6) is 0.291. The van der Waals surface area contributed by atoms with E-state index in [4.69, 9.17) is 4.74 Å². The Bertz CT molecular complexity index is 717. The zero-order chi connectivity index (χ0) is 17.8. The van der Waals surface area contributed by atoms with E-state index in [1.54, 1.807) is 0 Å². The van der Waals surface area contributed by atoms with E-state index in [1.165, 1.54) is 5.69 Å². The number of carbonyl (C=O) groups excluding carboxylic acids is 1. The van der Waals surface area contributed by atoms with Crippen LogP contribution in [0.4, 0.5) is 10.5 Å². The molecule has 0 aliphatic carbocycles. The lowest BCUT2D eigenvalue weighted by Gasteiger charge is -2.44. The van der Waals surface area contributed by atoms with E-state index in [1.807, 2.05) is 36.4 Å². The average Bonchev–Trinajstić information content (AvgIpc) is 2.65. The average molecular weight is 338 g/mol. The van der Waals surface area contributed by atoms with Gasteiger partial charge in [-0.3, -0.25) is 0 Å². The number of rotatable bonds is 4. The summed E-state index contributed by atoms with van der Waals surface area (Å²) in [6.45, 7) is 7.81. The molecule has 4 nitrogen and oxygen atoms in total. The number of alkyl carbamates (subject to hydrolysis) is 1. The summed E-state index contributed by atoms with van der Waals surface area (Å²) in [5.41, 5.74) is 3.34. The zero-order valence-electron chi connectivity index (χ0n) is 15.1. The van der Waals surface area contributed by atoms with Gasteiger partial charge in [-0.2, -0.15) is 0 Å². The van der Waals surface area contributed by atoms with E-state index in [2.05, 4.69) is 49.2 Å². The fourth-order valence-corrected chi connectivity index (χ4v) is 3.64. The van der Waals surface area contributed by atoms with E-state index < -0.39 is 0 Å². The lowest BCUT2D eigenvalue weighted by atomic mass is 9.83. The highest BCUT2D eigenvalue weighted by atomic mass is 16.5. The number of nitrogens with zero attached hydrogens (tertiary/aromatic N) is 1. The van der Waals surface area contributed by atoms with Crippen LogP contribution in [0.15, 0.2) is 54.6 Å². The second kappa shape index (κ2) is 7.60. The fourth-order valence-electron chi connectivity index (χ4n) is 3.64. The third-order valence-corrected chi connectivity index (χ3v) is 5.19. The molecule has 0 saturated carbocycles. The van der Waals surface area contributed by atoms with Gasteiger partial charge in [-0.1, -0.05) is 55.5 Å². The Morgan fingerprint density at radius 3 is 2.48 bits per heavy atom. The van der Waals surface area contributed by atoms with Crippen LogP contribution in [0.2, 0.25) is 0 Å². The molecule has 1 aliphatic rings. The highest BCUT2D eigenvalue weighted by molar-refractivity contribution is 5.70. The van der Waals surface area contributed by atoms with E-state index >= 15 is 0 Å². The predicted octanol–water partition coefficient (Wildman–Crippen LogP) is 4.52. The molecular weight excluding hydrogens is 312 g/mol. The number of nitrogens with one attached hydrogen (secondary N) is 1. The van der Waals surface area contributed by atoms with Crippen molar-refractivity contribution in [3.8, 4) is 0 Å². The number of para-hydroxylation sites is 1. The number of anilines is 1. The fraction of sp³-hybridized carbons (Fsp3) is 0.381. The minimum atomic E-state index is -0.368. The Hall–Kier alpha value is -2.49. The van der Waals surface area contributed by atoms with Gasteiger partial charge >= 0.3 is 6.09 Å². The largest absolute Gasteiger partial charge is 0.445 e. The first-order chi connectivity index (χ1) is 12.1. The zero-order valence-corrected chi connectivity index (χ0v) is 15.1. The molecule has 0 saturated heterocycles. The molecule has 132 valence electrons. The van der Waals surface area contributed by atoms with Crippen molar-refractivity contribution in [3.63, 3.8) is 0 Å². The van der Waals surface area contributed by atoms with Gasteiger partial charge in [0.05, 0.1) is 6.04 Å². The first-order valence-corrected chi connectivity index (χ1v) is 8.94. The minimum Gasteiger partial charge on any atom is -0.445 e. The van der Waals surface area contributed by atoms with Gasteiger partial charge in [0.15, 0.2) is 0 Å². The normalized spacial score (nSPS) is 22.2. The Morgan fingerprint density at radius 1 is 1.08 bits per heavy atom. The molecule has 0 spiro atoms. The molecule has 0 unspecified atom stereocenters. The molecule has 25 heavy (non-hydrogen) atoms. The van der Waals surface area contributed by atoms with Gasteiger partial charge in [0.1, 0.15) is 6.61 Å². The smallest absolute Gasteiger partial charge is 0.407 e. The molecule has 0 bridgehead atoms. The second-order valence-corrected chi connectivity index (χ2v) is 6.63. The monoisotopic (exact) mass is 338 g/mol. The van der Waals surface area contributed by atoms with Crippen molar-refractivity contribution < 1.29 is 9.53 Å². The third kappa shape index (κ3) is 3.63. The van der Waals surface area contributed by atoms with Crippen LogP contribution in [0.1, 0.15) is 37.9 Å². The summed E-state index contributed by atoms with van der Waals surface area (Å²) in [6, 6.07) is 18.3. The van der Waals surface area contributed by atoms with Crippen LogP contribution in [0, 0.1) is 5.92 Å². The molecule has 0 radical (unpaired) electrons. The van der Waals surface area contributed by atoms with Crippen molar-refractivity contribution in [2.24, 2.45) is 5.92 Å². The SMILES string of the molecule is CCN1c2ccccc2[C@H](NC(=O)OCc2ccccc2)[C@H](C)[C@@H]1C. The summed E-state index contributed by atoms with van der Waals surface area (Å²) in [7, 11) is 0. The van der Waals surface area contributed by atoms with Crippen molar-refractivity contribution in [1.29, 1.82) is 0 Å². The van der Waals surface area contributed by atoms with E-state index in [-0.39, 0.29) is 18.7 Å². The molecule has 3 rings (SSSR count). The molecule has 1 aliphatic heterocycles. The summed E-state index contributed by atoms with van der Waals surface area (Å²) in [4.78, 5) is 14.7. The molecule has 1 N–H and O–H groups in total. The van der Waals surface area contributed by atoms with Crippen molar-refractivity contribution in [3.05, 3.63) is 65.7 Å². The van der Waals surface area contributed by atoms with Gasteiger partial charge in [0.25, 0.3) is 0 Å². The summed E-state index contributed by atoms with van der Waals surface area (Å²) < 4.78 is 5.42. The lowest BCUT2D eigenvalue weighted by Crippen LogP contribution is -2.48. The molecular formula is C21H26N2O2. The first-order valence-electron chi connectivity index (χ1n) is 8.94. The Morgan fingerprint density at radius 2 is 1.76 bits per heavy atom. The molecule has 2 aromatic rings. The van der Waals surface area contributed by atoms with Crippen molar-refractivity contribution in [2.75, 3.05) is 11.4 Å². The van der Waals surface area contributed by atoms with Gasteiger partial charge < -0.3 is 15.0 Å². The Labute approximate surface area is 149 Å². The summed E-state index contributed by atoms with van der Waals surface area (Å²) in [5, 5.41) is 3.08. The summed E-state index contributed by atoms with van der Waals surface area (Å²) in [6.07, 6.45) is -0.368. The number of amides is 1. The van der Waals surface area contributed by atoms with Crippen LogP contribution in [-0.2, 0) is 11.3 Å². The lowest BCUT2D eigenvalue weighted by molar-refractivity contribution is 0.130. The topological polar surface area (TPSA) is 41.6 Å². The highest BCUT2D eigenvalue weighted by Gasteiger charge is 2.36. The molecule has 2 aromatic carbocycles. The molecule has 0 aromatic heterocycles. The number of ether oxygens (including phenoxy) is 1. The molecule has 3 atom stereocenters. The maximum Gasteiger partial charge on any atom is 0.407 e. The minimum absolute atomic E-state index is 0.0442. The van der Waals surface area contributed by atoms with Gasteiger partial charge in [-0.15, -0.1) is 0 Å². The van der Waals surface area contributed by atoms with Crippen molar-refractivity contribution in [2.45, 2.75) is 39.5 Å². The highest BCUT2D eigenvalue weighted by Crippen LogP contribution is 2.40. The molecule has 1 heterocycles. The first kappa shape index (κ1) is 17.3. The van der Waals surface area contributed by atoms with Crippen LogP contribution in [0.5, 0.6) is 0 Å². The number of benzene rings is 2. The third-order valence-electron chi connectivity index (χ3n) is 5.19. The predicted molar refractivity (Wildman–Crippen MR) is 101 cm³/mol. The van der Waals surface area contributed by atoms with Gasteiger partial charge in [-0.05, 0) is 31.0 Å². The van der Waals surface area contributed by atoms with Crippen molar-refractivity contribution >= 4 is 11.8 Å². The number of hydrogen-bond acceptors (Lipinski definition) is 3. The van der Waals surface area contributed by atoms with Gasteiger partial charge in [0, 0.05) is 24.2 Å². The second-order valence-electron chi connectivity index (χ2n) is 6.63. The molecule has 0 fully saturated rings. The standard InChI is InChI=1S/C21H26N2O2/c1-4-23-16(3)15(2)20(18-12-8-9-13-19(18)23)22-21(24)25-14-17-10-6-5-7-11-17/h5-13,15-16,20H,4,14H2,1-3H3,(H,22,24)/t15-,16+,20-/m1/s1. The molecule has 4 heteroatoms. The van der Waals surface area contributed by atoms with Gasteiger partial charge in [0.2, 0.25) is 0 Å². The quantitative estimate of drug-likeness (QED) is 0.891. The number of hydrogen-bond donors (Lipinski definition) is 1. The van der Waals surface area contributed by atoms with Crippen LogP contribution < -0.4 is 10.2 Å². The summed E-state index contributed by atoms with van der Waals surface area (Å²) >= 11 is 0. The maximum atomic E-state index is 12.4. The van der Waals surface area contributed by atoms with Crippen LogP contribution in [0.25, 0.3) is 0 Å². The Kier molecular flexibility index (Phi) is 5.27. The van der Waals surface area contributed by atoms with E-state index in [0.29, 0.717) is 12.0 Å². The van der Waals surface area contributed by atoms with Crippen LogP contribution >= 0.6 is 0 Å².